The van der Waals surface area contributed by atoms with E-state index in [1.165, 1.54) is 25.7 Å². The molecule has 1 saturated heterocycles. The molecule has 1 saturated carbocycles. The summed E-state index contributed by atoms with van der Waals surface area (Å²) in [4.78, 5) is 13.6. The predicted octanol–water partition coefficient (Wildman–Crippen LogP) is 2.39. The third-order valence-electron chi connectivity index (χ3n) is 4.14. The van der Waals surface area contributed by atoms with Crippen LogP contribution in [0.5, 0.6) is 0 Å². The van der Waals surface area contributed by atoms with Gasteiger partial charge in [0.15, 0.2) is 0 Å². The number of likely N-dealkylation sites (tertiary alicyclic amines) is 1. The van der Waals surface area contributed by atoms with Crippen molar-refractivity contribution < 1.29 is 9.53 Å². The van der Waals surface area contributed by atoms with Crippen molar-refractivity contribution in [2.75, 3.05) is 26.2 Å². The highest BCUT2D eigenvalue weighted by atomic mass is 16.5. The summed E-state index contributed by atoms with van der Waals surface area (Å²) in [5.41, 5.74) is 0. The number of carbonyl (C=O) groups is 1. The molecule has 2 atom stereocenters. The molecular formula is C14H26N2O2. The minimum atomic E-state index is 0.0767. The molecule has 1 aliphatic carbocycles. The van der Waals surface area contributed by atoms with Crippen LogP contribution in [0.25, 0.3) is 0 Å². The number of nitrogens with zero attached hydrogens (tertiary/aromatic N) is 1. The van der Waals surface area contributed by atoms with Gasteiger partial charge in [-0.2, -0.15) is 0 Å². The lowest BCUT2D eigenvalue weighted by Crippen LogP contribution is -2.40. The van der Waals surface area contributed by atoms with Crippen LogP contribution >= 0.6 is 0 Å². The molecule has 4 heteroatoms. The number of nitrogens with one attached hydrogen (secondary N) is 1. The number of hydrogen-bond acceptors (Lipinski definition) is 2. The van der Waals surface area contributed by atoms with E-state index in [1.54, 1.807) is 0 Å². The number of urea groups is 1. The third kappa shape index (κ3) is 3.87. The fourth-order valence-corrected chi connectivity index (χ4v) is 2.93. The monoisotopic (exact) mass is 254 g/mol. The van der Waals surface area contributed by atoms with Crippen LogP contribution in [0.1, 0.15) is 45.4 Å². The van der Waals surface area contributed by atoms with Crippen molar-refractivity contribution in [2.24, 2.45) is 5.92 Å². The number of rotatable bonds is 4. The van der Waals surface area contributed by atoms with E-state index in [1.807, 2.05) is 4.90 Å². The molecule has 104 valence electrons. The molecule has 0 bridgehead atoms. The molecule has 0 aromatic heterocycles. The SMILES string of the molecule is C[C@@H]1CCCC[C@H]1OCCNC(=O)N1CCCC1. The number of amides is 2. The van der Waals surface area contributed by atoms with Crippen LogP contribution < -0.4 is 5.32 Å². The molecule has 1 N–H and O–H groups in total. The van der Waals surface area contributed by atoms with E-state index in [2.05, 4.69) is 12.2 Å². The Bertz CT molecular complexity index is 265. The average molecular weight is 254 g/mol. The zero-order valence-corrected chi connectivity index (χ0v) is 11.5. The van der Waals surface area contributed by atoms with Crippen molar-refractivity contribution in [1.82, 2.24) is 10.2 Å². The zero-order valence-electron chi connectivity index (χ0n) is 11.5. The van der Waals surface area contributed by atoms with E-state index in [-0.39, 0.29) is 6.03 Å². The molecule has 4 nitrogen and oxygen atoms in total. The van der Waals surface area contributed by atoms with Crippen LogP contribution in [-0.4, -0.2) is 43.3 Å². The Labute approximate surface area is 110 Å². The third-order valence-corrected chi connectivity index (χ3v) is 4.14. The van der Waals surface area contributed by atoms with Crippen molar-refractivity contribution in [3.05, 3.63) is 0 Å². The van der Waals surface area contributed by atoms with Crippen molar-refractivity contribution in [3.63, 3.8) is 0 Å². The lowest BCUT2D eigenvalue weighted by atomic mass is 9.88. The van der Waals surface area contributed by atoms with Gasteiger partial charge in [-0.25, -0.2) is 4.79 Å². The molecule has 1 heterocycles. The van der Waals surface area contributed by atoms with Gasteiger partial charge in [0.1, 0.15) is 0 Å². The highest BCUT2D eigenvalue weighted by molar-refractivity contribution is 5.74. The van der Waals surface area contributed by atoms with Gasteiger partial charge in [-0.1, -0.05) is 19.8 Å². The van der Waals surface area contributed by atoms with E-state index in [4.69, 9.17) is 4.74 Å². The van der Waals surface area contributed by atoms with E-state index in [0.29, 0.717) is 25.2 Å². The van der Waals surface area contributed by atoms with Crippen molar-refractivity contribution in [2.45, 2.75) is 51.6 Å². The second kappa shape index (κ2) is 6.98. The maximum Gasteiger partial charge on any atom is 0.317 e. The Balaban J connectivity index is 1.56. The van der Waals surface area contributed by atoms with Gasteiger partial charge in [-0.3, -0.25) is 0 Å². The van der Waals surface area contributed by atoms with Gasteiger partial charge in [0.2, 0.25) is 0 Å². The highest BCUT2D eigenvalue weighted by Gasteiger charge is 2.22. The first-order valence-electron chi connectivity index (χ1n) is 7.42. The van der Waals surface area contributed by atoms with E-state index < -0.39 is 0 Å². The maximum absolute atomic E-state index is 11.7. The smallest absolute Gasteiger partial charge is 0.317 e. The van der Waals surface area contributed by atoms with Crippen LogP contribution in [0, 0.1) is 5.92 Å². The quantitative estimate of drug-likeness (QED) is 0.783. The van der Waals surface area contributed by atoms with E-state index in [0.717, 1.165) is 25.9 Å². The van der Waals surface area contributed by atoms with Crippen molar-refractivity contribution in [1.29, 1.82) is 0 Å². The fourth-order valence-electron chi connectivity index (χ4n) is 2.93. The van der Waals surface area contributed by atoms with Gasteiger partial charge in [-0.05, 0) is 31.6 Å². The molecule has 2 fully saturated rings. The van der Waals surface area contributed by atoms with Crippen LogP contribution in [0.2, 0.25) is 0 Å². The summed E-state index contributed by atoms with van der Waals surface area (Å²) < 4.78 is 5.88. The van der Waals surface area contributed by atoms with Crippen LogP contribution in [0.15, 0.2) is 0 Å². The number of ether oxygens (including phenoxy) is 1. The first-order chi connectivity index (χ1) is 8.77. The molecule has 0 aromatic carbocycles. The number of hydrogen-bond donors (Lipinski definition) is 1. The Morgan fingerprint density at radius 2 is 1.94 bits per heavy atom. The minimum absolute atomic E-state index is 0.0767. The molecule has 0 spiro atoms. The predicted molar refractivity (Wildman–Crippen MR) is 71.6 cm³/mol. The summed E-state index contributed by atoms with van der Waals surface area (Å²) >= 11 is 0. The first-order valence-corrected chi connectivity index (χ1v) is 7.42. The Kier molecular flexibility index (Phi) is 5.29. The molecular weight excluding hydrogens is 228 g/mol. The maximum atomic E-state index is 11.7. The van der Waals surface area contributed by atoms with Gasteiger partial charge in [0, 0.05) is 19.6 Å². The molecule has 0 aromatic rings. The summed E-state index contributed by atoms with van der Waals surface area (Å²) in [7, 11) is 0. The lowest BCUT2D eigenvalue weighted by Gasteiger charge is -2.28. The highest BCUT2D eigenvalue weighted by Crippen LogP contribution is 2.25. The Hall–Kier alpha value is -0.770. The largest absolute Gasteiger partial charge is 0.376 e. The molecule has 0 radical (unpaired) electrons. The van der Waals surface area contributed by atoms with Crippen LogP contribution in [-0.2, 0) is 4.74 Å². The summed E-state index contributed by atoms with van der Waals surface area (Å²) in [5.74, 6) is 0.674. The lowest BCUT2D eigenvalue weighted by molar-refractivity contribution is -0.00266. The van der Waals surface area contributed by atoms with Gasteiger partial charge in [0.25, 0.3) is 0 Å². The standard InChI is InChI=1S/C14H26N2O2/c1-12-6-2-3-7-13(12)18-11-8-15-14(17)16-9-4-5-10-16/h12-13H,2-11H2,1H3,(H,15,17)/t12-,13-/m1/s1. The van der Waals surface area contributed by atoms with E-state index >= 15 is 0 Å². The summed E-state index contributed by atoms with van der Waals surface area (Å²) in [6.07, 6.45) is 7.78. The molecule has 18 heavy (non-hydrogen) atoms. The van der Waals surface area contributed by atoms with Gasteiger partial charge in [-0.15, -0.1) is 0 Å². The molecule has 0 unspecified atom stereocenters. The van der Waals surface area contributed by atoms with Gasteiger partial charge < -0.3 is 15.0 Å². The van der Waals surface area contributed by atoms with Crippen LogP contribution in [0.4, 0.5) is 4.79 Å². The second-order valence-electron chi connectivity index (χ2n) is 5.60. The first kappa shape index (κ1) is 13.7. The summed E-state index contributed by atoms with van der Waals surface area (Å²) in [6.45, 7) is 5.37. The number of carbonyl (C=O) groups excluding carboxylic acids is 1. The summed E-state index contributed by atoms with van der Waals surface area (Å²) in [5, 5.41) is 2.94. The molecule has 2 aliphatic rings. The van der Waals surface area contributed by atoms with Crippen molar-refractivity contribution >= 4 is 6.03 Å². The molecule has 2 rings (SSSR count). The fraction of sp³-hybridized carbons (Fsp3) is 0.929. The van der Waals surface area contributed by atoms with Crippen LogP contribution in [0.3, 0.4) is 0 Å². The van der Waals surface area contributed by atoms with Gasteiger partial charge >= 0.3 is 6.03 Å². The normalized spacial score (nSPS) is 28.4. The Morgan fingerprint density at radius 1 is 1.22 bits per heavy atom. The van der Waals surface area contributed by atoms with Crippen molar-refractivity contribution in [3.8, 4) is 0 Å². The topological polar surface area (TPSA) is 41.6 Å². The molecule has 1 aliphatic heterocycles. The second-order valence-corrected chi connectivity index (χ2v) is 5.60. The zero-order chi connectivity index (χ0) is 12.8. The van der Waals surface area contributed by atoms with Gasteiger partial charge in [0.05, 0.1) is 12.7 Å². The van der Waals surface area contributed by atoms with E-state index in [9.17, 15) is 4.79 Å². The Morgan fingerprint density at radius 3 is 2.67 bits per heavy atom. The summed E-state index contributed by atoms with van der Waals surface area (Å²) in [6, 6.07) is 0.0767. The molecule has 2 amide bonds. The minimum Gasteiger partial charge on any atom is -0.376 e. The average Bonchev–Trinajstić information content (AvgIpc) is 2.90.